The molecule has 1 aliphatic heterocycles. The fourth-order valence-electron chi connectivity index (χ4n) is 3.96. The first kappa shape index (κ1) is 14.1. The Labute approximate surface area is 135 Å². The van der Waals surface area contributed by atoms with E-state index in [0.29, 0.717) is 18.1 Å². The van der Waals surface area contributed by atoms with Crippen LogP contribution in [0.15, 0.2) is 60.1 Å². The molecule has 4 nitrogen and oxygen atoms in total. The van der Waals surface area contributed by atoms with Gasteiger partial charge < -0.3 is 14.2 Å². The summed E-state index contributed by atoms with van der Waals surface area (Å²) in [5, 5.41) is 0. The minimum atomic E-state index is -0.646. The van der Waals surface area contributed by atoms with Gasteiger partial charge in [0.25, 0.3) is 0 Å². The van der Waals surface area contributed by atoms with E-state index in [4.69, 9.17) is 14.2 Å². The summed E-state index contributed by atoms with van der Waals surface area (Å²) in [4.78, 5) is 12.5. The first-order valence-corrected chi connectivity index (χ1v) is 7.62. The predicted molar refractivity (Wildman–Crippen MR) is 85.0 cm³/mol. The van der Waals surface area contributed by atoms with E-state index in [-0.39, 0.29) is 17.3 Å². The Balaban J connectivity index is 1.76. The fourth-order valence-corrected chi connectivity index (χ4v) is 3.96. The van der Waals surface area contributed by atoms with Gasteiger partial charge in [-0.2, -0.15) is 0 Å². The summed E-state index contributed by atoms with van der Waals surface area (Å²) < 4.78 is 16.2. The van der Waals surface area contributed by atoms with Crippen LogP contribution in [0, 0.1) is 16.7 Å². The molecule has 2 aliphatic carbocycles. The molecular weight excluding hydrogens is 292 g/mol. The van der Waals surface area contributed by atoms with Crippen LogP contribution in [-0.2, 0) is 19.0 Å². The van der Waals surface area contributed by atoms with E-state index in [0.717, 1.165) is 5.56 Å². The molecule has 1 aromatic rings. The van der Waals surface area contributed by atoms with Crippen molar-refractivity contribution in [2.75, 3.05) is 20.8 Å². The van der Waals surface area contributed by atoms with Crippen LogP contribution in [-0.4, -0.2) is 26.8 Å². The average Bonchev–Trinajstić information content (AvgIpc) is 3.07. The van der Waals surface area contributed by atoms with E-state index in [1.54, 1.807) is 14.2 Å². The van der Waals surface area contributed by atoms with Crippen LogP contribution in [0.25, 0.3) is 6.08 Å². The molecule has 1 spiro atoms. The number of benzene rings is 1. The highest BCUT2D eigenvalue weighted by atomic mass is 16.5. The van der Waals surface area contributed by atoms with Crippen molar-refractivity contribution in [1.29, 1.82) is 0 Å². The molecule has 1 saturated carbocycles. The third kappa shape index (κ3) is 1.69. The summed E-state index contributed by atoms with van der Waals surface area (Å²) in [6, 6.07) is 9.95. The van der Waals surface area contributed by atoms with Crippen LogP contribution >= 0.6 is 0 Å². The summed E-state index contributed by atoms with van der Waals surface area (Å²) in [5.74, 6) is 1.23. The van der Waals surface area contributed by atoms with Crippen molar-refractivity contribution in [1.82, 2.24) is 0 Å². The van der Waals surface area contributed by atoms with E-state index < -0.39 is 5.41 Å². The molecule has 0 radical (unpaired) electrons. The minimum Gasteiger partial charge on any atom is -0.493 e. The number of fused-ring (bicyclic) bond motifs is 1. The normalized spacial score (nSPS) is 34.2. The molecule has 0 aromatic heterocycles. The number of rotatable bonds is 4. The third-order valence-corrected chi connectivity index (χ3v) is 5.24. The molecule has 23 heavy (non-hydrogen) atoms. The Morgan fingerprint density at radius 2 is 1.91 bits per heavy atom. The van der Waals surface area contributed by atoms with Crippen LogP contribution < -0.4 is 0 Å². The Morgan fingerprint density at radius 1 is 1.17 bits per heavy atom. The van der Waals surface area contributed by atoms with Gasteiger partial charge in [0, 0.05) is 5.92 Å². The summed E-state index contributed by atoms with van der Waals surface area (Å²) in [5.41, 5.74) is 0.0718. The van der Waals surface area contributed by atoms with Gasteiger partial charge in [-0.15, -0.1) is 0 Å². The molecule has 1 saturated heterocycles. The molecule has 1 heterocycles. The molecule has 4 heteroatoms. The first-order valence-electron chi connectivity index (χ1n) is 7.62. The predicted octanol–water partition coefficient (Wildman–Crippen LogP) is 2.93. The van der Waals surface area contributed by atoms with Gasteiger partial charge in [0.15, 0.2) is 11.5 Å². The maximum absolute atomic E-state index is 12.5. The lowest BCUT2D eigenvalue weighted by Gasteiger charge is -2.18. The molecule has 0 N–H and O–H groups in total. The lowest BCUT2D eigenvalue weighted by Crippen LogP contribution is -2.15. The van der Waals surface area contributed by atoms with E-state index in [1.807, 2.05) is 54.6 Å². The topological polar surface area (TPSA) is 44.8 Å². The molecule has 2 fully saturated rings. The zero-order valence-corrected chi connectivity index (χ0v) is 13.1. The largest absolute Gasteiger partial charge is 0.493 e. The van der Waals surface area contributed by atoms with Gasteiger partial charge in [-0.05, 0) is 17.7 Å². The monoisotopic (exact) mass is 310 g/mol. The first-order chi connectivity index (χ1) is 11.2. The second-order valence-corrected chi connectivity index (χ2v) is 6.15. The number of ether oxygens (including phenoxy) is 3. The average molecular weight is 310 g/mol. The molecule has 0 unspecified atom stereocenters. The molecule has 1 aromatic carbocycles. The van der Waals surface area contributed by atoms with Crippen LogP contribution in [0.4, 0.5) is 0 Å². The summed E-state index contributed by atoms with van der Waals surface area (Å²) in [6.07, 6.45) is 7.97. The second kappa shape index (κ2) is 4.75. The zero-order valence-electron chi connectivity index (χ0n) is 13.1. The maximum atomic E-state index is 12.5. The Bertz CT molecular complexity index is 746. The van der Waals surface area contributed by atoms with E-state index in [9.17, 15) is 4.79 Å². The summed E-state index contributed by atoms with van der Waals surface area (Å²) >= 11 is 0. The van der Waals surface area contributed by atoms with Crippen molar-refractivity contribution in [3.63, 3.8) is 0 Å². The second-order valence-electron chi connectivity index (χ2n) is 6.15. The van der Waals surface area contributed by atoms with Crippen molar-refractivity contribution in [2.24, 2.45) is 16.7 Å². The Hall–Kier alpha value is -2.49. The van der Waals surface area contributed by atoms with Crippen molar-refractivity contribution >= 4 is 12.0 Å². The van der Waals surface area contributed by atoms with Crippen molar-refractivity contribution in [3.05, 3.63) is 65.6 Å². The summed E-state index contributed by atoms with van der Waals surface area (Å²) in [6.45, 7) is 0.385. The minimum absolute atomic E-state index is 0.0602. The number of esters is 1. The number of methoxy groups -OCH3 is 2. The lowest BCUT2D eigenvalue weighted by atomic mass is 9.93. The van der Waals surface area contributed by atoms with Gasteiger partial charge in [-0.25, -0.2) is 0 Å². The van der Waals surface area contributed by atoms with Crippen LogP contribution in [0.5, 0.6) is 0 Å². The Morgan fingerprint density at radius 3 is 2.61 bits per heavy atom. The zero-order chi connectivity index (χ0) is 16.1. The van der Waals surface area contributed by atoms with Gasteiger partial charge in [0.05, 0.1) is 19.6 Å². The van der Waals surface area contributed by atoms with Gasteiger partial charge in [0.2, 0.25) is 0 Å². The number of carbonyl (C=O) groups is 1. The van der Waals surface area contributed by atoms with Gasteiger partial charge in [-0.3, -0.25) is 4.79 Å². The highest BCUT2D eigenvalue weighted by molar-refractivity contribution is 5.91. The van der Waals surface area contributed by atoms with Crippen LogP contribution in [0.1, 0.15) is 5.56 Å². The molecule has 4 rings (SSSR count). The summed E-state index contributed by atoms with van der Waals surface area (Å²) in [7, 11) is 3.22. The quantitative estimate of drug-likeness (QED) is 0.802. The molecular formula is C19H18O4. The highest BCUT2D eigenvalue weighted by Gasteiger charge is 2.83. The van der Waals surface area contributed by atoms with Crippen LogP contribution in [0.3, 0.4) is 0 Å². The van der Waals surface area contributed by atoms with E-state index in [2.05, 4.69) is 0 Å². The van der Waals surface area contributed by atoms with Gasteiger partial charge in [0.1, 0.15) is 12.0 Å². The smallest absolute Gasteiger partial charge is 0.317 e. The van der Waals surface area contributed by atoms with Gasteiger partial charge >= 0.3 is 5.97 Å². The lowest BCUT2D eigenvalue weighted by molar-refractivity contribution is -0.144. The number of cyclic esters (lactones) is 1. The fraction of sp³-hybridized carbons (Fsp3) is 0.316. The maximum Gasteiger partial charge on any atom is 0.317 e. The number of hydrogen-bond acceptors (Lipinski definition) is 4. The number of allylic oxidation sites excluding steroid dienone is 1. The Kier molecular flexibility index (Phi) is 2.92. The molecule has 0 bridgehead atoms. The van der Waals surface area contributed by atoms with Crippen molar-refractivity contribution < 1.29 is 19.0 Å². The molecule has 118 valence electrons. The third-order valence-electron chi connectivity index (χ3n) is 5.24. The van der Waals surface area contributed by atoms with Crippen molar-refractivity contribution in [2.45, 2.75) is 0 Å². The number of carbonyl (C=O) groups excluding carboxylic acids is 1. The van der Waals surface area contributed by atoms with E-state index >= 15 is 0 Å². The van der Waals surface area contributed by atoms with Crippen LogP contribution in [0.2, 0.25) is 0 Å². The van der Waals surface area contributed by atoms with Crippen molar-refractivity contribution in [3.8, 4) is 0 Å². The molecule has 0 amide bonds. The molecule has 3 atom stereocenters. The van der Waals surface area contributed by atoms with Gasteiger partial charge in [-0.1, -0.05) is 42.5 Å². The highest BCUT2D eigenvalue weighted by Crippen LogP contribution is 2.77. The molecule has 3 aliphatic rings. The SMILES string of the molecule is COC1=C[C@@H]2[C@]3(C=C1OC)COC(=O)[C@]23/C=C/c1ccccc1. The standard InChI is InChI=1S/C19H18O4/c1-21-14-10-16-18(11-15(14)22-2)12-23-17(20)19(16,18)9-8-13-6-4-3-5-7-13/h3-11,16H,12H2,1-2H3/b9-8+/t16-,18+,19+/m1/s1. The van der Waals surface area contributed by atoms with E-state index in [1.165, 1.54) is 0 Å². The number of hydrogen-bond donors (Lipinski definition) is 0.